The maximum absolute atomic E-state index is 10.6. The van der Waals surface area contributed by atoms with E-state index in [1.165, 1.54) is 12.5 Å². The van der Waals surface area contributed by atoms with E-state index in [0.717, 1.165) is 12.2 Å². The Morgan fingerprint density at radius 2 is 2.00 bits per heavy atom. The molecule has 0 saturated heterocycles. The Bertz CT molecular complexity index is 310. The van der Waals surface area contributed by atoms with E-state index >= 15 is 0 Å². The van der Waals surface area contributed by atoms with Gasteiger partial charge in [-0.2, -0.15) is 0 Å². The molecule has 0 unspecified atom stereocenters. The summed E-state index contributed by atoms with van der Waals surface area (Å²) in [6, 6.07) is 8.09. The zero-order valence-electron chi connectivity index (χ0n) is 8.63. The third-order valence-electron chi connectivity index (χ3n) is 1.96. The lowest BCUT2D eigenvalue weighted by Gasteiger charge is -2.08. The van der Waals surface area contributed by atoms with Crippen LogP contribution in [0.15, 0.2) is 24.3 Å². The summed E-state index contributed by atoms with van der Waals surface area (Å²) in [5.74, 6) is 0.0107. The van der Waals surface area contributed by atoms with Gasteiger partial charge >= 0.3 is 0 Å². The van der Waals surface area contributed by atoms with Gasteiger partial charge in [0.05, 0.1) is 0 Å². The number of hydrogen-bond donors (Lipinski definition) is 2. The first kappa shape index (κ1) is 10.6. The van der Waals surface area contributed by atoms with Crippen LogP contribution in [0.25, 0.3) is 0 Å². The molecule has 3 nitrogen and oxygen atoms in total. The smallest absolute Gasteiger partial charge is 0.216 e. The van der Waals surface area contributed by atoms with Crippen molar-refractivity contribution in [1.82, 2.24) is 5.32 Å². The number of aryl methyl sites for hydroxylation is 1. The van der Waals surface area contributed by atoms with E-state index in [4.69, 9.17) is 0 Å². The van der Waals surface area contributed by atoms with Crippen LogP contribution in [0, 0.1) is 6.92 Å². The lowest BCUT2D eigenvalue weighted by Crippen LogP contribution is -2.26. The van der Waals surface area contributed by atoms with Crippen LogP contribution in [0.5, 0.6) is 0 Å². The van der Waals surface area contributed by atoms with Crippen molar-refractivity contribution in [2.45, 2.75) is 13.8 Å². The number of rotatable bonds is 4. The largest absolute Gasteiger partial charge is 0.383 e. The number of anilines is 1. The Kier molecular flexibility index (Phi) is 3.98. The van der Waals surface area contributed by atoms with Crippen molar-refractivity contribution in [2.24, 2.45) is 0 Å². The fourth-order valence-electron chi connectivity index (χ4n) is 1.21. The highest BCUT2D eigenvalue weighted by molar-refractivity contribution is 5.72. The van der Waals surface area contributed by atoms with E-state index in [1.54, 1.807) is 0 Å². The molecule has 1 aromatic rings. The van der Waals surface area contributed by atoms with E-state index in [9.17, 15) is 4.79 Å². The highest BCUT2D eigenvalue weighted by atomic mass is 16.1. The number of benzene rings is 1. The zero-order valence-corrected chi connectivity index (χ0v) is 8.63. The van der Waals surface area contributed by atoms with Gasteiger partial charge in [0.2, 0.25) is 5.91 Å². The van der Waals surface area contributed by atoms with Crippen molar-refractivity contribution in [2.75, 3.05) is 18.4 Å². The quantitative estimate of drug-likeness (QED) is 0.710. The molecule has 0 heterocycles. The fourth-order valence-corrected chi connectivity index (χ4v) is 1.21. The molecule has 0 aromatic heterocycles. The van der Waals surface area contributed by atoms with Gasteiger partial charge in [-0.15, -0.1) is 0 Å². The highest BCUT2D eigenvalue weighted by Crippen LogP contribution is 2.11. The Labute approximate surface area is 84.5 Å². The first-order chi connectivity index (χ1) is 6.70. The predicted molar refractivity (Wildman–Crippen MR) is 58.4 cm³/mol. The summed E-state index contributed by atoms with van der Waals surface area (Å²) in [4.78, 5) is 10.6. The van der Waals surface area contributed by atoms with E-state index in [-0.39, 0.29) is 5.91 Å². The molecule has 1 amide bonds. The summed E-state index contributed by atoms with van der Waals surface area (Å²) in [6.07, 6.45) is 0. The molecule has 0 aliphatic rings. The molecule has 0 fully saturated rings. The maximum atomic E-state index is 10.6. The molecule has 0 saturated carbocycles. The van der Waals surface area contributed by atoms with Crippen LogP contribution in [-0.4, -0.2) is 19.0 Å². The number of para-hydroxylation sites is 1. The van der Waals surface area contributed by atoms with Crippen LogP contribution in [0.1, 0.15) is 12.5 Å². The van der Waals surface area contributed by atoms with Gasteiger partial charge in [0.1, 0.15) is 0 Å². The van der Waals surface area contributed by atoms with Gasteiger partial charge in [-0.05, 0) is 18.6 Å². The third-order valence-corrected chi connectivity index (χ3v) is 1.96. The lowest BCUT2D eigenvalue weighted by atomic mass is 10.2. The Balaban J connectivity index is 2.31. The van der Waals surface area contributed by atoms with Crippen molar-refractivity contribution in [3.63, 3.8) is 0 Å². The van der Waals surface area contributed by atoms with Crippen LogP contribution in [0.3, 0.4) is 0 Å². The van der Waals surface area contributed by atoms with Gasteiger partial charge in [-0.3, -0.25) is 4.79 Å². The van der Waals surface area contributed by atoms with Crippen LogP contribution in [0.2, 0.25) is 0 Å². The summed E-state index contributed by atoms with van der Waals surface area (Å²) in [5, 5.41) is 5.99. The molecule has 2 N–H and O–H groups in total. The molecule has 0 spiro atoms. The van der Waals surface area contributed by atoms with Gasteiger partial charge in [-0.25, -0.2) is 0 Å². The monoisotopic (exact) mass is 192 g/mol. The second kappa shape index (κ2) is 5.27. The Morgan fingerprint density at radius 1 is 1.29 bits per heavy atom. The van der Waals surface area contributed by atoms with Crippen molar-refractivity contribution in [3.8, 4) is 0 Å². The summed E-state index contributed by atoms with van der Waals surface area (Å²) < 4.78 is 0. The van der Waals surface area contributed by atoms with E-state index < -0.39 is 0 Å². The van der Waals surface area contributed by atoms with E-state index in [2.05, 4.69) is 23.6 Å². The minimum absolute atomic E-state index is 0.0107. The molecule has 0 radical (unpaired) electrons. The van der Waals surface area contributed by atoms with E-state index in [0.29, 0.717) is 6.54 Å². The first-order valence-corrected chi connectivity index (χ1v) is 4.74. The molecule has 3 heteroatoms. The van der Waals surface area contributed by atoms with Gasteiger partial charge < -0.3 is 10.6 Å². The average Bonchev–Trinajstić information content (AvgIpc) is 2.15. The molecule has 0 aliphatic heterocycles. The Morgan fingerprint density at radius 3 is 2.64 bits per heavy atom. The summed E-state index contributed by atoms with van der Waals surface area (Å²) >= 11 is 0. The zero-order chi connectivity index (χ0) is 10.4. The molecular weight excluding hydrogens is 176 g/mol. The summed E-state index contributed by atoms with van der Waals surface area (Å²) in [6.45, 7) is 4.99. The second-order valence-corrected chi connectivity index (χ2v) is 3.22. The number of carbonyl (C=O) groups is 1. The lowest BCUT2D eigenvalue weighted by molar-refractivity contribution is -0.118. The van der Waals surface area contributed by atoms with Gasteiger partial charge in [0.25, 0.3) is 0 Å². The standard InChI is InChI=1S/C11H16N2O/c1-9-5-3-4-6-11(9)13-8-7-12-10(2)14/h3-6,13H,7-8H2,1-2H3,(H,12,14). The van der Waals surface area contributed by atoms with E-state index in [1.807, 2.05) is 18.2 Å². The maximum Gasteiger partial charge on any atom is 0.216 e. The molecular formula is C11H16N2O. The molecule has 0 atom stereocenters. The van der Waals surface area contributed by atoms with Crippen molar-refractivity contribution >= 4 is 11.6 Å². The fraction of sp³-hybridized carbons (Fsp3) is 0.364. The molecule has 76 valence electrons. The number of nitrogens with one attached hydrogen (secondary N) is 2. The molecule has 1 rings (SSSR count). The average molecular weight is 192 g/mol. The van der Waals surface area contributed by atoms with Gasteiger partial charge in [0, 0.05) is 25.7 Å². The number of amides is 1. The molecule has 0 aliphatic carbocycles. The molecule has 1 aromatic carbocycles. The van der Waals surface area contributed by atoms with Gasteiger partial charge in [0.15, 0.2) is 0 Å². The van der Waals surface area contributed by atoms with Crippen molar-refractivity contribution in [1.29, 1.82) is 0 Å². The SMILES string of the molecule is CC(=O)NCCNc1ccccc1C. The normalized spacial score (nSPS) is 9.57. The third kappa shape index (κ3) is 3.47. The summed E-state index contributed by atoms with van der Waals surface area (Å²) in [5.41, 5.74) is 2.34. The topological polar surface area (TPSA) is 41.1 Å². The second-order valence-electron chi connectivity index (χ2n) is 3.22. The van der Waals surface area contributed by atoms with Crippen molar-refractivity contribution in [3.05, 3.63) is 29.8 Å². The van der Waals surface area contributed by atoms with Gasteiger partial charge in [-0.1, -0.05) is 18.2 Å². The Hall–Kier alpha value is -1.51. The number of carbonyl (C=O) groups excluding carboxylic acids is 1. The first-order valence-electron chi connectivity index (χ1n) is 4.74. The van der Waals surface area contributed by atoms with Crippen molar-refractivity contribution < 1.29 is 4.79 Å². The minimum atomic E-state index is 0.0107. The molecule has 0 bridgehead atoms. The summed E-state index contributed by atoms with van der Waals surface area (Å²) in [7, 11) is 0. The predicted octanol–water partition coefficient (Wildman–Crippen LogP) is 1.54. The molecule has 14 heavy (non-hydrogen) atoms. The highest BCUT2D eigenvalue weighted by Gasteiger charge is 1.95. The van der Waals surface area contributed by atoms with Crippen LogP contribution >= 0.6 is 0 Å². The van der Waals surface area contributed by atoms with Crippen LogP contribution in [-0.2, 0) is 4.79 Å². The number of hydrogen-bond acceptors (Lipinski definition) is 2. The van der Waals surface area contributed by atoms with Crippen LogP contribution in [0.4, 0.5) is 5.69 Å². The van der Waals surface area contributed by atoms with Crippen LogP contribution < -0.4 is 10.6 Å². The minimum Gasteiger partial charge on any atom is -0.383 e.